The average molecular weight is 195 g/mol. The maximum absolute atomic E-state index is 11.3. The molecule has 4 heteroatoms. The van der Waals surface area contributed by atoms with Gasteiger partial charge in [-0.3, -0.25) is 9.48 Å². The lowest BCUT2D eigenvalue weighted by molar-refractivity contribution is -0.155. The second-order valence-electron chi connectivity index (χ2n) is 4.04. The smallest absolute Gasteiger partial charge is 0.308 e. The van der Waals surface area contributed by atoms with Crippen LogP contribution in [0.4, 0.5) is 0 Å². The monoisotopic (exact) mass is 195 g/mol. The van der Waals surface area contributed by atoms with Gasteiger partial charge in [0.2, 0.25) is 0 Å². The fourth-order valence-corrected chi connectivity index (χ4v) is 0.983. The predicted molar refractivity (Wildman–Crippen MR) is 51.5 cm³/mol. The molecule has 1 heterocycles. The highest BCUT2D eigenvalue weighted by Gasteiger charge is 2.15. The third kappa shape index (κ3) is 4.07. The van der Waals surface area contributed by atoms with E-state index in [1.807, 2.05) is 20.8 Å². The molecule has 0 unspecified atom stereocenters. The second kappa shape index (κ2) is 4.26. The Bertz CT molecular complexity index is 286. The standard InChI is InChI=1S/C10H15N2O2/c1-10(2,3)14-9(13)5-8-12-7-4-6-11-12/h4,7H,5,8H2,1-3H3. The normalized spacial score (nSPS) is 11.4. The van der Waals surface area contributed by atoms with Gasteiger partial charge in [-0.1, -0.05) is 0 Å². The molecule has 0 saturated heterocycles. The molecule has 0 aliphatic rings. The van der Waals surface area contributed by atoms with Crippen LogP contribution in [0.3, 0.4) is 0 Å². The summed E-state index contributed by atoms with van der Waals surface area (Å²) in [6.07, 6.45) is 4.77. The molecule has 14 heavy (non-hydrogen) atoms. The maximum atomic E-state index is 11.3. The summed E-state index contributed by atoms with van der Waals surface area (Å²) in [4.78, 5) is 11.3. The molecule has 4 nitrogen and oxygen atoms in total. The number of carbonyl (C=O) groups is 1. The number of ether oxygens (including phenoxy) is 1. The highest BCUT2D eigenvalue weighted by molar-refractivity contribution is 5.69. The molecule has 0 N–H and O–H groups in total. The fraction of sp³-hybridized carbons (Fsp3) is 0.600. The minimum Gasteiger partial charge on any atom is -0.460 e. The van der Waals surface area contributed by atoms with Gasteiger partial charge in [-0.25, -0.2) is 0 Å². The van der Waals surface area contributed by atoms with Crippen LogP contribution in [0.2, 0.25) is 0 Å². The van der Waals surface area contributed by atoms with Gasteiger partial charge in [0.05, 0.1) is 13.0 Å². The Kier molecular flexibility index (Phi) is 3.28. The number of carbonyl (C=O) groups excluding carboxylic acids is 1. The van der Waals surface area contributed by atoms with Gasteiger partial charge in [0, 0.05) is 6.20 Å². The van der Waals surface area contributed by atoms with E-state index < -0.39 is 5.60 Å². The van der Waals surface area contributed by atoms with Gasteiger partial charge in [0.15, 0.2) is 0 Å². The van der Waals surface area contributed by atoms with Crippen LogP contribution in [0.1, 0.15) is 27.2 Å². The molecule has 0 amide bonds. The van der Waals surface area contributed by atoms with Crippen molar-refractivity contribution in [1.29, 1.82) is 0 Å². The molecule has 0 bridgehead atoms. The van der Waals surface area contributed by atoms with Crippen molar-refractivity contribution < 1.29 is 9.53 Å². The molecule has 0 aliphatic carbocycles. The molecule has 77 valence electrons. The van der Waals surface area contributed by atoms with E-state index in [9.17, 15) is 4.79 Å². The Hall–Kier alpha value is -1.32. The zero-order valence-corrected chi connectivity index (χ0v) is 8.78. The van der Waals surface area contributed by atoms with E-state index in [4.69, 9.17) is 4.74 Å². The summed E-state index contributed by atoms with van der Waals surface area (Å²) in [6, 6.07) is 1.70. The zero-order chi connectivity index (χ0) is 10.6. The fourth-order valence-electron chi connectivity index (χ4n) is 0.983. The molecule has 0 aromatic carbocycles. The van der Waals surface area contributed by atoms with Crippen LogP contribution in [0.15, 0.2) is 12.3 Å². The number of esters is 1. The number of hydrogen-bond donors (Lipinski definition) is 0. The third-order valence-corrected chi connectivity index (χ3v) is 1.47. The number of rotatable bonds is 3. The van der Waals surface area contributed by atoms with Gasteiger partial charge in [-0.2, -0.15) is 5.10 Å². The first-order valence-corrected chi connectivity index (χ1v) is 4.59. The first-order chi connectivity index (χ1) is 6.47. The summed E-state index contributed by atoms with van der Waals surface area (Å²) in [7, 11) is 0. The molecule has 1 aromatic rings. The predicted octanol–water partition coefficient (Wildman–Crippen LogP) is 1.42. The zero-order valence-electron chi connectivity index (χ0n) is 8.78. The summed E-state index contributed by atoms with van der Waals surface area (Å²) in [6.45, 7) is 6.10. The Morgan fingerprint density at radius 1 is 1.57 bits per heavy atom. The van der Waals surface area contributed by atoms with Crippen LogP contribution in [-0.2, 0) is 16.1 Å². The SMILES string of the molecule is CC(C)(C)OC(=O)CCn1cc[c]n1. The van der Waals surface area contributed by atoms with Crippen LogP contribution >= 0.6 is 0 Å². The minimum absolute atomic E-state index is 0.201. The minimum atomic E-state index is -0.409. The Morgan fingerprint density at radius 2 is 2.29 bits per heavy atom. The summed E-state index contributed by atoms with van der Waals surface area (Å²) in [5.41, 5.74) is -0.409. The summed E-state index contributed by atoms with van der Waals surface area (Å²) in [5.74, 6) is -0.201. The molecule has 1 aromatic heterocycles. The van der Waals surface area contributed by atoms with Gasteiger partial charge < -0.3 is 4.74 Å². The van der Waals surface area contributed by atoms with Gasteiger partial charge in [0.25, 0.3) is 0 Å². The number of hydrogen-bond acceptors (Lipinski definition) is 3. The van der Waals surface area contributed by atoms with E-state index in [1.165, 1.54) is 0 Å². The summed E-state index contributed by atoms with van der Waals surface area (Å²) in [5, 5.41) is 3.87. The Balaban J connectivity index is 2.29. The third-order valence-electron chi connectivity index (χ3n) is 1.47. The van der Waals surface area contributed by atoms with Crippen molar-refractivity contribution in [3.63, 3.8) is 0 Å². The number of nitrogens with zero attached hydrogens (tertiary/aromatic N) is 2. The van der Waals surface area contributed by atoms with Crippen molar-refractivity contribution in [2.45, 2.75) is 39.3 Å². The molecule has 0 saturated carbocycles. The Morgan fingerprint density at radius 3 is 2.79 bits per heavy atom. The lowest BCUT2D eigenvalue weighted by atomic mass is 10.2. The molecular weight excluding hydrogens is 180 g/mol. The van der Waals surface area contributed by atoms with Crippen LogP contribution in [0.5, 0.6) is 0 Å². The highest BCUT2D eigenvalue weighted by atomic mass is 16.6. The molecule has 0 atom stereocenters. The van der Waals surface area contributed by atoms with E-state index in [-0.39, 0.29) is 5.97 Å². The second-order valence-corrected chi connectivity index (χ2v) is 4.04. The summed E-state index contributed by atoms with van der Waals surface area (Å²) < 4.78 is 6.80. The quantitative estimate of drug-likeness (QED) is 0.685. The topological polar surface area (TPSA) is 44.1 Å². The molecule has 1 radical (unpaired) electrons. The van der Waals surface area contributed by atoms with Crippen LogP contribution in [0, 0.1) is 6.20 Å². The lowest BCUT2D eigenvalue weighted by Gasteiger charge is -2.19. The first-order valence-electron chi connectivity index (χ1n) is 4.59. The van der Waals surface area contributed by atoms with E-state index in [1.54, 1.807) is 16.9 Å². The van der Waals surface area contributed by atoms with Crippen LogP contribution < -0.4 is 0 Å². The van der Waals surface area contributed by atoms with Gasteiger partial charge in [-0.05, 0) is 26.8 Å². The van der Waals surface area contributed by atoms with Crippen molar-refractivity contribution in [2.24, 2.45) is 0 Å². The number of aryl methyl sites for hydroxylation is 1. The molecular formula is C10H15N2O2. The lowest BCUT2D eigenvalue weighted by Crippen LogP contribution is -2.24. The van der Waals surface area contributed by atoms with Crippen LogP contribution in [0.25, 0.3) is 0 Å². The van der Waals surface area contributed by atoms with E-state index in [2.05, 4.69) is 11.3 Å². The summed E-state index contributed by atoms with van der Waals surface area (Å²) >= 11 is 0. The molecule has 1 rings (SSSR count). The van der Waals surface area contributed by atoms with Crippen molar-refractivity contribution in [3.05, 3.63) is 18.5 Å². The average Bonchev–Trinajstić information content (AvgIpc) is 2.49. The van der Waals surface area contributed by atoms with Crippen molar-refractivity contribution in [2.75, 3.05) is 0 Å². The molecule has 0 spiro atoms. The van der Waals surface area contributed by atoms with Crippen molar-refractivity contribution >= 4 is 5.97 Å². The van der Waals surface area contributed by atoms with Crippen molar-refractivity contribution in [3.8, 4) is 0 Å². The highest BCUT2D eigenvalue weighted by Crippen LogP contribution is 2.08. The van der Waals surface area contributed by atoms with Crippen molar-refractivity contribution in [1.82, 2.24) is 9.78 Å². The maximum Gasteiger partial charge on any atom is 0.308 e. The van der Waals surface area contributed by atoms with Gasteiger partial charge in [0.1, 0.15) is 11.8 Å². The number of aromatic nitrogens is 2. The van der Waals surface area contributed by atoms with Gasteiger partial charge >= 0.3 is 5.97 Å². The van der Waals surface area contributed by atoms with E-state index in [0.29, 0.717) is 13.0 Å². The largest absolute Gasteiger partial charge is 0.460 e. The van der Waals surface area contributed by atoms with Crippen LogP contribution in [-0.4, -0.2) is 21.4 Å². The first kappa shape index (κ1) is 10.8. The molecule has 0 fully saturated rings. The van der Waals surface area contributed by atoms with Gasteiger partial charge in [-0.15, -0.1) is 0 Å². The van der Waals surface area contributed by atoms with E-state index >= 15 is 0 Å². The Labute approximate surface area is 83.9 Å². The van der Waals surface area contributed by atoms with E-state index in [0.717, 1.165) is 0 Å². The molecule has 0 aliphatic heterocycles.